The van der Waals surface area contributed by atoms with Gasteiger partial charge in [-0.3, -0.25) is 4.79 Å². The molecule has 0 spiro atoms. The van der Waals surface area contributed by atoms with E-state index in [0.29, 0.717) is 17.1 Å². The Kier molecular flexibility index (Phi) is 3.48. The van der Waals surface area contributed by atoms with E-state index in [-0.39, 0.29) is 0 Å². The van der Waals surface area contributed by atoms with Crippen LogP contribution in [-0.4, -0.2) is 13.4 Å². The Labute approximate surface area is 129 Å². The molecule has 0 atom stereocenters. The van der Waals surface area contributed by atoms with Gasteiger partial charge >= 0.3 is 0 Å². The highest BCUT2D eigenvalue weighted by molar-refractivity contribution is 14.1. The molecule has 1 heterocycles. The Balaban J connectivity index is 2.34. The number of methoxy groups -OCH3 is 1. The molecule has 0 aliphatic carbocycles. The number of aldehydes is 1. The van der Waals surface area contributed by atoms with Crippen LogP contribution in [0.5, 0.6) is 5.75 Å². The zero-order valence-electron chi connectivity index (χ0n) is 10.7. The van der Waals surface area contributed by atoms with Gasteiger partial charge in [-0.1, -0.05) is 18.2 Å². The lowest BCUT2D eigenvalue weighted by molar-refractivity contribution is 0.110. The first kappa shape index (κ1) is 13.2. The summed E-state index contributed by atoms with van der Waals surface area (Å²) in [5, 5.41) is 0.914. The Bertz CT molecular complexity index is 790. The Morgan fingerprint density at radius 1 is 1.20 bits per heavy atom. The summed E-state index contributed by atoms with van der Waals surface area (Å²) in [5.74, 6) is 1.05. The van der Waals surface area contributed by atoms with Gasteiger partial charge in [0.25, 0.3) is 0 Å². The van der Waals surface area contributed by atoms with Crippen LogP contribution in [0.4, 0.5) is 0 Å². The van der Waals surface area contributed by atoms with E-state index < -0.39 is 0 Å². The van der Waals surface area contributed by atoms with Crippen LogP contribution in [0.1, 0.15) is 10.6 Å². The summed E-state index contributed by atoms with van der Waals surface area (Å²) in [4.78, 5) is 11.3. The summed E-state index contributed by atoms with van der Waals surface area (Å²) in [6, 6.07) is 13.5. The number of benzene rings is 2. The molecule has 1 aromatic heterocycles. The molecule has 0 unspecified atom stereocenters. The molecule has 0 N–H and O–H groups in total. The molecule has 4 heteroatoms. The van der Waals surface area contributed by atoms with Crippen molar-refractivity contribution in [2.24, 2.45) is 0 Å². The first-order valence-corrected chi connectivity index (χ1v) is 7.13. The molecular formula is C16H11IO3. The van der Waals surface area contributed by atoms with E-state index in [1.54, 1.807) is 13.2 Å². The van der Waals surface area contributed by atoms with Gasteiger partial charge in [-0.2, -0.15) is 0 Å². The average Bonchev–Trinajstić information content (AvgIpc) is 2.85. The number of carbonyl (C=O) groups excluding carboxylic acids is 1. The molecule has 3 nitrogen and oxygen atoms in total. The van der Waals surface area contributed by atoms with E-state index in [0.717, 1.165) is 26.4 Å². The van der Waals surface area contributed by atoms with Gasteiger partial charge in [-0.05, 0) is 46.4 Å². The minimum absolute atomic E-state index is 0.345. The molecule has 0 saturated heterocycles. The van der Waals surface area contributed by atoms with Crippen molar-refractivity contribution in [3.05, 3.63) is 51.8 Å². The summed E-state index contributed by atoms with van der Waals surface area (Å²) in [6.45, 7) is 0. The molecule has 3 aromatic rings. The quantitative estimate of drug-likeness (QED) is 0.497. The third kappa shape index (κ3) is 2.10. The third-order valence-corrected chi connectivity index (χ3v) is 4.12. The maximum atomic E-state index is 11.3. The van der Waals surface area contributed by atoms with Crippen molar-refractivity contribution in [1.82, 2.24) is 0 Å². The highest BCUT2D eigenvalue weighted by Gasteiger charge is 2.17. The standard InChI is InChI=1S/C16H11IO3/c1-19-10-6-7-12-14(8-10)20-15(9-18)16(12)11-4-2-3-5-13(11)17/h2-9H,1H3. The van der Waals surface area contributed by atoms with Crippen molar-refractivity contribution in [3.8, 4) is 16.9 Å². The lowest BCUT2D eigenvalue weighted by Gasteiger charge is -2.03. The van der Waals surface area contributed by atoms with Crippen molar-refractivity contribution in [1.29, 1.82) is 0 Å². The number of halogens is 1. The maximum absolute atomic E-state index is 11.3. The molecule has 2 aromatic carbocycles. The van der Waals surface area contributed by atoms with Crippen molar-refractivity contribution < 1.29 is 13.9 Å². The van der Waals surface area contributed by atoms with E-state index >= 15 is 0 Å². The molecule has 3 rings (SSSR count). The van der Waals surface area contributed by atoms with Crippen molar-refractivity contribution in [3.63, 3.8) is 0 Å². The van der Waals surface area contributed by atoms with Crippen molar-refractivity contribution in [2.45, 2.75) is 0 Å². The molecule has 0 amide bonds. The largest absolute Gasteiger partial charge is 0.497 e. The summed E-state index contributed by atoms with van der Waals surface area (Å²) >= 11 is 2.26. The fraction of sp³-hybridized carbons (Fsp3) is 0.0625. The zero-order valence-corrected chi connectivity index (χ0v) is 12.9. The minimum Gasteiger partial charge on any atom is -0.497 e. The van der Waals surface area contributed by atoms with E-state index in [1.165, 1.54) is 0 Å². The topological polar surface area (TPSA) is 39.4 Å². The van der Waals surface area contributed by atoms with Gasteiger partial charge in [0.15, 0.2) is 12.0 Å². The number of hydrogen-bond acceptors (Lipinski definition) is 3. The first-order valence-electron chi connectivity index (χ1n) is 6.05. The third-order valence-electron chi connectivity index (χ3n) is 3.17. The number of carbonyl (C=O) groups is 1. The molecule has 0 radical (unpaired) electrons. The summed E-state index contributed by atoms with van der Waals surface area (Å²) in [5.41, 5.74) is 2.49. The van der Waals surface area contributed by atoms with Crippen LogP contribution in [-0.2, 0) is 0 Å². The second-order valence-corrected chi connectivity index (χ2v) is 5.46. The highest BCUT2D eigenvalue weighted by atomic mass is 127. The smallest absolute Gasteiger partial charge is 0.186 e. The molecule has 100 valence electrons. The van der Waals surface area contributed by atoms with Crippen LogP contribution in [0.25, 0.3) is 22.1 Å². The van der Waals surface area contributed by atoms with Gasteiger partial charge < -0.3 is 9.15 Å². The van der Waals surface area contributed by atoms with Crippen LogP contribution in [0.3, 0.4) is 0 Å². The molecule has 0 bridgehead atoms. The Morgan fingerprint density at radius 2 is 2.00 bits per heavy atom. The van der Waals surface area contributed by atoms with Gasteiger partial charge in [0.05, 0.1) is 7.11 Å². The summed E-state index contributed by atoms with van der Waals surface area (Å²) in [7, 11) is 1.60. The van der Waals surface area contributed by atoms with Crippen LogP contribution in [0.2, 0.25) is 0 Å². The fourth-order valence-corrected chi connectivity index (χ4v) is 2.90. The van der Waals surface area contributed by atoms with Gasteiger partial charge in [0.2, 0.25) is 0 Å². The molecule has 20 heavy (non-hydrogen) atoms. The second-order valence-electron chi connectivity index (χ2n) is 4.30. The van der Waals surface area contributed by atoms with E-state index in [2.05, 4.69) is 22.6 Å². The monoisotopic (exact) mass is 378 g/mol. The summed E-state index contributed by atoms with van der Waals surface area (Å²) in [6.07, 6.45) is 0.755. The van der Waals surface area contributed by atoms with Gasteiger partial charge in [0.1, 0.15) is 11.3 Å². The molecule has 0 aliphatic rings. The van der Waals surface area contributed by atoms with Crippen molar-refractivity contribution >= 4 is 39.8 Å². The predicted molar refractivity (Wildman–Crippen MR) is 86.3 cm³/mol. The van der Waals surface area contributed by atoms with Crippen LogP contribution >= 0.6 is 22.6 Å². The number of rotatable bonds is 3. The fourth-order valence-electron chi connectivity index (χ4n) is 2.25. The summed E-state index contributed by atoms with van der Waals surface area (Å²) < 4.78 is 11.9. The molecule has 0 fully saturated rings. The van der Waals surface area contributed by atoms with Crippen LogP contribution < -0.4 is 4.74 Å². The highest BCUT2D eigenvalue weighted by Crippen LogP contribution is 2.37. The Hall–Kier alpha value is -1.82. The van der Waals surface area contributed by atoms with E-state index in [9.17, 15) is 4.79 Å². The van der Waals surface area contributed by atoms with Crippen molar-refractivity contribution in [2.75, 3.05) is 7.11 Å². The van der Waals surface area contributed by atoms with Crippen LogP contribution in [0, 0.1) is 3.57 Å². The lowest BCUT2D eigenvalue weighted by Crippen LogP contribution is -1.86. The molecule has 0 aliphatic heterocycles. The number of fused-ring (bicyclic) bond motifs is 1. The normalized spacial score (nSPS) is 10.7. The number of furan rings is 1. The van der Waals surface area contributed by atoms with E-state index in [4.69, 9.17) is 9.15 Å². The number of hydrogen-bond donors (Lipinski definition) is 0. The molecular weight excluding hydrogens is 367 g/mol. The van der Waals surface area contributed by atoms with Gasteiger partial charge in [-0.25, -0.2) is 0 Å². The maximum Gasteiger partial charge on any atom is 0.186 e. The van der Waals surface area contributed by atoms with E-state index in [1.807, 2.05) is 36.4 Å². The first-order chi connectivity index (χ1) is 9.74. The predicted octanol–water partition coefficient (Wildman–Crippen LogP) is 4.53. The average molecular weight is 378 g/mol. The minimum atomic E-state index is 0.345. The lowest BCUT2D eigenvalue weighted by atomic mass is 10.0. The van der Waals surface area contributed by atoms with Gasteiger partial charge in [0, 0.05) is 20.6 Å². The van der Waals surface area contributed by atoms with Gasteiger partial charge in [-0.15, -0.1) is 0 Å². The molecule has 0 saturated carbocycles. The SMILES string of the molecule is COc1ccc2c(-c3ccccc3I)c(C=O)oc2c1. The Morgan fingerprint density at radius 3 is 2.70 bits per heavy atom. The van der Waals surface area contributed by atoms with Crippen LogP contribution in [0.15, 0.2) is 46.9 Å². The second kappa shape index (κ2) is 5.28. The zero-order chi connectivity index (χ0) is 14.1. The number of ether oxygens (including phenoxy) is 1.